The second-order valence-corrected chi connectivity index (χ2v) is 14.5. The molecule has 3 atom stereocenters. The van der Waals surface area contributed by atoms with Crippen molar-refractivity contribution in [2.75, 3.05) is 25.6 Å². The summed E-state index contributed by atoms with van der Waals surface area (Å²) in [7, 11) is 1.27. The molecule has 0 spiro atoms. The van der Waals surface area contributed by atoms with E-state index in [9.17, 15) is 14.4 Å². The Bertz CT molecular complexity index is 1980. The number of carbonyl (C=O) groups excluding carboxylic acids is 3. The first-order valence-corrected chi connectivity index (χ1v) is 18.5. The molecule has 0 bridgehead atoms. The first kappa shape index (κ1) is 38.7. The van der Waals surface area contributed by atoms with Crippen LogP contribution in [0, 0.1) is 0 Å². The van der Waals surface area contributed by atoms with Gasteiger partial charge < -0.3 is 24.8 Å². The van der Waals surface area contributed by atoms with E-state index < -0.39 is 41.7 Å². The van der Waals surface area contributed by atoms with Gasteiger partial charge in [0.1, 0.15) is 23.4 Å². The Morgan fingerprint density at radius 2 is 1.49 bits per heavy atom. The Hall–Kier alpha value is -6.01. The number of aryl methyl sites for hydroxylation is 1. The first-order valence-electron chi connectivity index (χ1n) is 18.5. The zero-order chi connectivity index (χ0) is 38.8. The van der Waals surface area contributed by atoms with Crippen molar-refractivity contribution < 1.29 is 28.6 Å². The second-order valence-electron chi connectivity index (χ2n) is 14.5. The van der Waals surface area contributed by atoms with Gasteiger partial charge in [-0.25, -0.2) is 14.3 Å². The lowest BCUT2D eigenvalue weighted by Gasteiger charge is -2.39. The number of hydrogen-bond donors (Lipinski definition) is 2. The summed E-state index contributed by atoms with van der Waals surface area (Å²) < 4.78 is 18.9. The summed E-state index contributed by atoms with van der Waals surface area (Å²) in [5.74, 6) is -0.903. The van der Waals surface area contributed by atoms with Crippen LogP contribution in [-0.4, -0.2) is 76.0 Å². The number of hydrogen-bond acceptors (Lipinski definition) is 8. The van der Waals surface area contributed by atoms with E-state index in [-0.39, 0.29) is 19.3 Å². The van der Waals surface area contributed by atoms with Gasteiger partial charge in [0.25, 0.3) is 0 Å². The van der Waals surface area contributed by atoms with Crippen LogP contribution in [-0.2, 0) is 32.0 Å². The Balaban J connectivity index is 1.18. The molecule has 5 aromatic rings. The standard InChI is InChI=1S/C43H48N6O6/c1-43(2,3)55-42(52)49-27-34(54-29-37(49)36-28-48(47-46-36)26-30-16-8-5-9-17-30)25-24-31-18-14-15-23-35(31)44-40(50)39(45-41(51)53-4)38(32-19-10-6-11-20-32)33-21-12-7-13-22-33/h5-23,28,34,37-39H,24-27,29H2,1-4H3,(H,44,50)(H,45,51)/t34-,37+,39+/m1/s1. The summed E-state index contributed by atoms with van der Waals surface area (Å²) in [5.41, 5.74) is 4.21. The Morgan fingerprint density at radius 1 is 0.873 bits per heavy atom. The zero-order valence-corrected chi connectivity index (χ0v) is 31.6. The van der Waals surface area contributed by atoms with Crippen LogP contribution in [0.3, 0.4) is 0 Å². The molecule has 6 rings (SSSR count). The summed E-state index contributed by atoms with van der Waals surface area (Å²) in [6.45, 7) is 6.56. The highest BCUT2D eigenvalue weighted by Gasteiger charge is 2.38. The van der Waals surface area contributed by atoms with E-state index in [4.69, 9.17) is 14.2 Å². The molecule has 12 nitrogen and oxygen atoms in total. The molecule has 1 aliphatic heterocycles. The van der Waals surface area contributed by atoms with E-state index >= 15 is 0 Å². The molecule has 1 aromatic heterocycles. The van der Waals surface area contributed by atoms with Crippen LogP contribution in [0.5, 0.6) is 0 Å². The molecule has 1 fully saturated rings. The van der Waals surface area contributed by atoms with Crippen molar-refractivity contribution in [3.63, 3.8) is 0 Å². The van der Waals surface area contributed by atoms with Crippen LogP contribution in [0.1, 0.15) is 67.1 Å². The van der Waals surface area contributed by atoms with Gasteiger partial charge in [-0.2, -0.15) is 0 Å². The summed E-state index contributed by atoms with van der Waals surface area (Å²) in [6, 6.07) is 35.2. The van der Waals surface area contributed by atoms with Gasteiger partial charge in [-0.05, 0) is 61.9 Å². The minimum Gasteiger partial charge on any atom is -0.453 e. The molecule has 2 N–H and O–H groups in total. The normalized spacial score (nSPS) is 16.3. The van der Waals surface area contributed by atoms with E-state index in [1.54, 1.807) is 9.58 Å². The van der Waals surface area contributed by atoms with Crippen molar-refractivity contribution >= 4 is 23.8 Å². The smallest absolute Gasteiger partial charge is 0.411 e. The number of rotatable bonds is 12. The SMILES string of the molecule is COC(=O)N[C@H](C(=O)Nc1ccccc1CC[C@@H]1CN(C(=O)OC(C)(C)C)[C@H](c2cn(Cc3ccccc3)nn2)CO1)C(c1ccccc1)c1ccccc1. The zero-order valence-electron chi connectivity index (χ0n) is 31.6. The van der Waals surface area contributed by atoms with Crippen LogP contribution in [0.25, 0.3) is 0 Å². The van der Waals surface area contributed by atoms with Gasteiger partial charge in [-0.15, -0.1) is 5.10 Å². The predicted molar refractivity (Wildman–Crippen MR) is 208 cm³/mol. The topological polar surface area (TPSA) is 137 Å². The lowest BCUT2D eigenvalue weighted by molar-refractivity contribution is -0.118. The third-order valence-electron chi connectivity index (χ3n) is 9.38. The van der Waals surface area contributed by atoms with Crippen LogP contribution in [0.4, 0.5) is 15.3 Å². The number of anilines is 1. The van der Waals surface area contributed by atoms with Crippen molar-refractivity contribution in [3.8, 4) is 0 Å². The lowest BCUT2D eigenvalue weighted by atomic mass is 9.84. The summed E-state index contributed by atoms with van der Waals surface area (Å²) in [5, 5.41) is 14.6. The van der Waals surface area contributed by atoms with Crippen molar-refractivity contribution in [2.45, 2.75) is 69.9 Å². The molecular weight excluding hydrogens is 697 g/mol. The van der Waals surface area contributed by atoms with Crippen LogP contribution < -0.4 is 10.6 Å². The Labute approximate surface area is 321 Å². The molecule has 2 heterocycles. The van der Waals surface area contributed by atoms with Crippen molar-refractivity contribution in [2.24, 2.45) is 0 Å². The number of benzene rings is 4. The number of para-hydroxylation sites is 1. The van der Waals surface area contributed by atoms with E-state index in [0.29, 0.717) is 30.8 Å². The summed E-state index contributed by atoms with van der Waals surface area (Å²) in [6.07, 6.45) is 1.45. The molecule has 0 aliphatic carbocycles. The minimum absolute atomic E-state index is 0.216. The van der Waals surface area contributed by atoms with E-state index in [1.165, 1.54) is 7.11 Å². The maximum atomic E-state index is 14.2. The molecule has 0 saturated carbocycles. The van der Waals surface area contributed by atoms with Gasteiger partial charge in [0.15, 0.2) is 0 Å². The molecule has 0 unspecified atom stereocenters. The number of carbonyl (C=O) groups is 3. The lowest BCUT2D eigenvalue weighted by Crippen LogP contribution is -2.49. The third-order valence-corrected chi connectivity index (χ3v) is 9.38. The van der Waals surface area contributed by atoms with Crippen LogP contribution in [0.15, 0.2) is 121 Å². The van der Waals surface area contributed by atoms with Gasteiger partial charge in [-0.3, -0.25) is 9.69 Å². The predicted octanol–water partition coefficient (Wildman–Crippen LogP) is 7.13. The van der Waals surface area contributed by atoms with Gasteiger partial charge in [0, 0.05) is 11.6 Å². The number of ether oxygens (including phenoxy) is 3. The van der Waals surface area contributed by atoms with E-state index in [1.807, 2.05) is 142 Å². The number of nitrogens with one attached hydrogen (secondary N) is 2. The van der Waals surface area contributed by atoms with Crippen molar-refractivity contribution in [1.82, 2.24) is 25.2 Å². The fourth-order valence-corrected chi connectivity index (χ4v) is 6.74. The van der Waals surface area contributed by atoms with E-state index in [2.05, 4.69) is 20.9 Å². The number of nitrogens with zero attached hydrogens (tertiary/aromatic N) is 4. The van der Waals surface area contributed by atoms with Crippen LogP contribution >= 0.6 is 0 Å². The molecule has 0 radical (unpaired) electrons. The maximum Gasteiger partial charge on any atom is 0.411 e. The fourth-order valence-electron chi connectivity index (χ4n) is 6.74. The highest BCUT2D eigenvalue weighted by Crippen LogP contribution is 2.31. The minimum atomic E-state index is -1.00. The quantitative estimate of drug-likeness (QED) is 0.138. The fraction of sp³-hybridized carbons (Fsp3) is 0.326. The second kappa shape index (κ2) is 17.9. The van der Waals surface area contributed by atoms with Crippen molar-refractivity contribution in [3.05, 3.63) is 149 Å². The summed E-state index contributed by atoms with van der Waals surface area (Å²) >= 11 is 0. The molecule has 12 heteroatoms. The highest BCUT2D eigenvalue weighted by atomic mass is 16.6. The third kappa shape index (κ3) is 10.4. The van der Waals surface area contributed by atoms with Gasteiger partial charge >= 0.3 is 12.2 Å². The monoisotopic (exact) mass is 744 g/mol. The largest absolute Gasteiger partial charge is 0.453 e. The number of amides is 3. The average molecular weight is 745 g/mol. The number of alkyl carbamates (subject to hydrolysis) is 1. The van der Waals surface area contributed by atoms with Gasteiger partial charge in [0.05, 0.1) is 39.1 Å². The highest BCUT2D eigenvalue weighted by molar-refractivity contribution is 5.98. The molecule has 3 amide bonds. The Kier molecular flexibility index (Phi) is 12.6. The molecule has 55 heavy (non-hydrogen) atoms. The molecule has 286 valence electrons. The number of methoxy groups -OCH3 is 1. The van der Waals surface area contributed by atoms with E-state index in [0.717, 1.165) is 22.3 Å². The van der Waals surface area contributed by atoms with Gasteiger partial charge in [-0.1, -0.05) is 114 Å². The number of morpholine rings is 1. The van der Waals surface area contributed by atoms with Gasteiger partial charge in [0.2, 0.25) is 5.91 Å². The maximum absolute atomic E-state index is 14.2. The molecular formula is C43H48N6O6. The number of aromatic nitrogens is 3. The first-order chi connectivity index (χ1) is 26.6. The molecule has 1 saturated heterocycles. The molecule has 1 aliphatic rings. The van der Waals surface area contributed by atoms with Crippen LogP contribution in [0.2, 0.25) is 0 Å². The Morgan fingerprint density at radius 3 is 2.13 bits per heavy atom. The molecule has 4 aromatic carbocycles. The van der Waals surface area contributed by atoms with Crippen molar-refractivity contribution in [1.29, 1.82) is 0 Å². The summed E-state index contributed by atoms with van der Waals surface area (Å²) in [4.78, 5) is 42.2. The average Bonchev–Trinajstić information content (AvgIpc) is 3.65.